The van der Waals surface area contributed by atoms with Crippen molar-refractivity contribution in [3.8, 4) is 0 Å². The van der Waals surface area contributed by atoms with Gasteiger partial charge in [-0.3, -0.25) is 4.79 Å². The summed E-state index contributed by atoms with van der Waals surface area (Å²) in [6.07, 6.45) is 1.98. The van der Waals surface area contributed by atoms with Crippen molar-refractivity contribution in [3.63, 3.8) is 0 Å². The highest BCUT2D eigenvalue weighted by Gasteiger charge is 1.93. The lowest BCUT2D eigenvalue weighted by Gasteiger charge is -1.79. The van der Waals surface area contributed by atoms with E-state index in [1.165, 1.54) is 6.08 Å². The van der Waals surface area contributed by atoms with E-state index in [1.54, 1.807) is 0 Å². The molecule has 0 aromatic heterocycles. The Kier molecular flexibility index (Phi) is 3.11. The maximum Gasteiger partial charge on any atom is 0.264 e. The monoisotopic (exact) mass is 97.0 g/mol. The molecule has 7 heavy (non-hydrogen) atoms. The van der Waals surface area contributed by atoms with Crippen LogP contribution in [0.5, 0.6) is 0 Å². The fourth-order valence-electron chi connectivity index (χ4n) is 0.184. The second-order valence-corrected chi connectivity index (χ2v) is 1.07. The molecule has 0 heterocycles. The normalized spacial score (nSPS) is 7.43. The molecular formula is C4H6BO2. The van der Waals surface area contributed by atoms with Crippen molar-refractivity contribution in [3.05, 3.63) is 12.7 Å². The molecule has 0 bridgehead atoms. The van der Waals surface area contributed by atoms with Crippen LogP contribution in [0.2, 0.25) is 6.32 Å². The standard InChI is InChI=1S/C4H6BO2/c1-2-3-5-4(6)7/h2H,1,3H2,(H,6,7). The molecule has 0 aromatic rings. The molecular weight excluding hydrogens is 90.9 g/mol. The van der Waals surface area contributed by atoms with E-state index < -0.39 is 5.87 Å². The maximum atomic E-state index is 9.65. The predicted octanol–water partition coefficient (Wildman–Crippen LogP) is 0.973. The molecule has 2 nitrogen and oxygen atoms in total. The Bertz CT molecular complexity index is 79.8. The molecule has 1 N–H and O–H groups in total. The topological polar surface area (TPSA) is 37.3 Å². The quantitative estimate of drug-likeness (QED) is 0.420. The molecule has 0 spiro atoms. The van der Waals surface area contributed by atoms with E-state index in [4.69, 9.17) is 5.11 Å². The van der Waals surface area contributed by atoms with Gasteiger partial charge < -0.3 is 5.11 Å². The van der Waals surface area contributed by atoms with Gasteiger partial charge in [-0.2, -0.15) is 0 Å². The smallest absolute Gasteiger partial charge is 0.264 e. The summed E-state index contributed by atoms with van der Waals surface area (Å²) < 4.78 is 0. The van der Waals surface area contributed by atoms with Crippen molar-refractivity contribution in [2.24, 2.45) is 0 Å². The lowest BCUT2D eigenvalue weighted by atomic mass is 9.75. The first-order valence-corrected chi connectivity index (χ1v) is 1.94. The largest absolute Gasteiger partial charge is 0.490 e. The van der Waals surface area contributed by atoms with E-state index in [0.29, 0.717) is 6.32 Å². The predicted molar refractivity (Wildman–Crippen MR) is 28.8 cm³/mol. The van der Waals surface area contributed by atoms with Crippen molar-refractivity contribution >= 4 is 13.1 Å². The third-order valence-electron chi connectivity index (χ3n) is 0.459. The summed E-state index contributed by atoms with van der Waals surface area (Å²) in [4.78, 5) is 9.65. The molecule has 37 valence electrons. The molecule has 0 rings (SSSR count). The molecule has 3 heteroatoms. The minimum atomic E-state index is -0.889. The van der Waals surface area contributed by atoms with E-state index in [-0.39, 0.29) is 0 Å². The summed E-state index contributed by atoms with van der Waals surface area (Å²) in [7, 11) is 1.15. The molecule has 0 aliphatic heterocycles. The van der Waals surface area contributed by atoms with Crippen molar-refractivity contribution in [1.82, 2.24) is 0 Å². The zero-order valence-corrected chi connectivity index (χ0v) is 3.92. The summed E-state index contributed by atoms with van der Waals surface area (Å²) >= 11 is 0. The molecule has 1 radical (unpaired) electrons. The maximum absolute atomic E-state index is 9.65. The van der Waals surface area contributed by atoms with Crippen molar-refractivity contribution in [1.29, 1.82) is 0 Å². The molecule has 0 aliphatic rings. The van der Waals surface area contributed by atoms with Gasteiger partial charge in [0.1, 0.15) is 0 Å². The Balaban J connectivity index is 2.97. The Morgan fingerprint density at radius 2 is 2.57 bits per heavy atom. The number of rotatable bonds is 3. The number of hydrogen-bond acceptors (Lipinski definition) is 1. The highest BCUT2D eigenvalue weighted by Crippen LogP contribution is 1.77. The van der Waals surface area contributed by atoms with Crippen LogP contribution in [0.1, 0.15) is 0 Å². The molecule has 0 atom stereocenters. The van der Waals surface area contributed by atoms with Crippen LogP contribution < -0.4 is 0 Å². The van der Waals surface area contributed by atoms with E-state index in [2.05, 4.69) is 6.58 Å². The number of allylic oxidation sites excluding steroid dienone is 1. The Labute approximate surface area is 43.1 Å². The van der Waals surface area contributed by atoms with Gasteiger partial charge in [0.2, 0.25) is 5.87 Å². The van der Waals surface area contributed by atoms with Gasteiger partial charge in [0, 0.05) is 0 Å². The van der Waals surface area contributed by atoms with Crippen LogP contribution in [-0.4, -0.2) is 18.3 Å². The first-order chi connectivity index (χ1) is 3.27. The van der Waals surface area contributed by atoms with Crippen molar-refractivity contribution in [2.75, 3.05) is 0 Å². The SMILES string of the molecule is C=CC[B]C(=O)O. The molecule has 0 saturated heterocycles. The number of hydrogen-bond donors (Lipinski definition) is 1. The second kappa shape index (κ2) is 3.46. The minimum absolute atomic E-state index is 0.440. The fraction of sp³-hybridized carbons (Fsp3) is 0.250. The summed E-state index contributed by atoms with van der Waals surface area (Å²) in [6.45, 7) is 3.34. The van der Waals surface area contributed by atoms with Crippen LogP contribution in [0.3, 0.4) is 0 Å². The lowest BCUT2D eigenvalue weighted by molar-refractivity contribution is 0.220. The van der Waals surface area contributed by atoms with E-state index in [9.17, 15) is 4.79 Å². The van der Waals surface area contributed by atoms with Crippen LogP contribution in [-0.2, 0) is 0 Å². The Hall–Kier alpha value is -0.725. The van der Waals surface area contributed by atoms with Crippen molar-refractivity contribution < 1.29 is 9.90 Å². The summed E-state index contributed by atoms with van der Waals surface area (Å²) in [5.41, 5.74) is 0. The van der Waals surface area contributed by atoms with E-state index >= 15 is 0 Å². The Morgan fingerprint density at radius 3 is 2.71 bits per heavy atom. The van der Waals surface area contributed by atoms with Gasteiger partial charge in [-0.1, -0.05) is 12.4 Å². The molecule has 0 unspecified atom stereocenters. The van der Waals surface area contributed by atoms with Crippen LogP contribution in [0, 0.1) is 0 Å². The van der Waals surface area contributed by atoms with Gasteiger partial charge in [0.05, 0.1) is 0 Å². The molecule has 0 amide bonds. The van der Waals surface area contributed by atoms with Gasteiger partial charge >= 0.3 is 0 Å². The third-order valence-corrected chi connectivity index (χ3v) is 0.459. The summed E-state index contributed by atoms with van der Waals surface area (Å²) in [5, 5.41) is 7.94. The average Bonchev–Trinajstić information content (AvgIpc) is 1.61. The molecule has 0 fully saturated rings. The van der Waals surface area contributed by atoms with Gasteiger partial charge in [0.15, 0.2) is 0 Å². The minimum Gasteiger partial charge on any atom is -0.490 e. The first-order valence-electron chi connectivity index (χ1n) is 1.94. The summed E-state index contributed by atoms with van der Waals surface area (Å²) in [5.74, 6) is -0.889. The second-order valence-electron chi connectivity index (χ2n) is 1.07. The van der Waals surface area contributed by atoms with Crippen LogP contribution in [0.15, 0.2) is 12.7 Å². The fourth-order valence-corrected chi connectivity index (χ4v) is 0.184. The average molecular weight is 96.9 g/mol. The van der Waals surface area contributed by atoms with E-state index in [1.807, 2.05) is 0 Å². The number of carbonyl (C=O) groups is 1. The van der Waals surface area contributed by atoms with E-state index in [0.717, 1.165) is 7.28 Å². The third kappa shape index (κ3) is 5.27. The van der Waals surface area contributed by atoms with Gasteiger partial charge in [0.25, 0.3) is 7.28 Å². The zero-order valence-electron chi connectivity index (χ0n) is 3.92. The van der Waals surface area contributed by atoms with Gasteiger partial charge in [-0.25, -0.2) is 0 Å². The summed E-state index contributed by atoms with van der Waals surface area (Å²) in [6, 6.07) is 0. The first kappa shape index (κ1) is 6.27. The highest BCUT2D eigenvalue weighted by atomic mass is 16.4. The van der Waals surface area contributed by atoms with Crippen LogP contribution in [0.4, 0.5) is 4.79 Å². The Morgan fingerprint density at radius 1 is 2.00 bits per heavy atom. The lowest BCUT2D eigenvalue weighted by Crippen LogP contribution is -2.01. The molecule has 0 saturated carbocycles. The van der Waals surface area contributed by atoms with Crippen molar-refractivity contribution in [2.45, 2.75) is 6.32 Å². The number of carboxylic acid groups (broad SMARTS) is 1. The molecule has 0 aromatic carbocycles. The molecule has 0 aliphatic carbocycles. The van der Waals surface area contributed by atoms with Gasteiger partial charge in [-0.15, -0.1) is 6.58 Å². The zero-order chi connectivity index (χ0) is 5.70. The van der Waals surface area contributed by atoms with Crippen LogP contribution >= 0.6 is 0 Å². The van der Waals surface area contributed by atoms with Gasteiger partial charge in [-0.05, 0) is 0 Å². The van der Waals surface area contributed by atoms with Crippen LogP contribution in [0.25, 0.3) is 0 Å². The highest BCUT2D eigenvalue weighted by molar-refractivity contribution is 6.71.